The van der Waals surface area contributed by atoms with Crippen molar-refractivity contribution in [1.82, 2.24) is 5.32 Å². The summed E-state index contributed by atoms with van der Waals surface area (Å²) in [6.07, 6.45) is 0.789. The predicted molar refractivity (Wildman–Crippen MR) is 73.4 cm³/mol. The minimum Gasteiger partial charge on any atom is -0.383 e. The monoisotopic (exact) mass is 319 g/mol. The third kappa shape index (κ3) is 6.44. The number of ether oxygens (including phenoxy) is 2. The summed E-state index contributed by atoms with van der Waals surface area (Å²) in [5, 5.41) is 3.19. The maximum Gasteiger partial charge on any atom is 0.137 e. The Bertz CT molecular complexity index is 350. The van der Waals surface area contributed by atoms with Crippen LogP contribution < -0.4 is 5.32 Å². The van der Waals surface area contributed by atoms with Gasteiger partial charge in [-0.25, -0.2) is 4.39 Å². The molecule has 0 bridgehead atoms. The van der Waals surface area contributed by atoms with E-state index < -0.39 is 0 Å². The predicted octanol–water partition coefficient (Wildman–Crippen LogP) is 2.38. The van der Waals surface area contributed by atoms with E-state index in [1.807, 2.05) is 0 Å². The average Bonchev–Trinajstić information content (AvgIpc) is 2.37. The Hall–Kier alpha value is -0.490. The molecule has 0 aliphatic rings. The molecular weight excluding hydrogens is 301 g/mol. The summed E-state index contributed by atoms with van der Waals surface area (Å²) in [6.45, 7) is 3.68. The van der Waals surface area contributed by atoms with Crippen molar-refractivity contribution in [3.8, 4) is 0 Å². The van der Waals surface area contributed by atoms with Gasteiger partial charge in [-0.05, 0) is 40.0 Å². The number of methoxy groups -OCH3 is 1. The molecule has 0 fully saturated rings. The zero-order valence-electron chi connectivity index (χ0n) is 10.5. The second-order valence-electron chi connectivity index (χ2n) is 3.85. The molecule has 102 valence electrons. The molecule has 1 rings (SSSR count). The molecule has 0 atom stereocenters. The van der Waals surface area contributed by atoms with Gasteiger partial charge in [0.1, 0.15) is 5.82 Å². The summed E-state index contributed by atoms with van der Waals surface area (Å²) < 4.78 is 23.9. The fourth-order valence-electron chi connectivity index (χ4n) is 1.43. The Labute approximate surface area is 116 Å². The van der Waals surface area contributed by atoms with Gasteiger partial charge in [0.05, 0.1) is 24.3 Å². The Balaban J connectivity index is 2.05. The van der Waals surface area contributed by atoms with Crippen LogP contribution in [0.25, 0.3) is 0 Å². The van der Waals surface area contributed by atoms with Crippen molar-refractivity contribution in [3.05, 3.63) is 34.1 Å². The van der Waals surface area contributed by atoms with E-state index in [-0.39, 0.29) is 5.82 Å². The first-order valence-corrected chi connectivity index (χ1v) is 6.74. The number of halogens is 2. The lowest BCUT2D eigenvalue weighted by atomic mass is 10.2. The van der Waals surface area contributed by atoms with E-state index in [0.29, 0.717) is 24.3 Å². The van der Waals surface area contributed by atoms with Gasteiger partial charge in [0, 0.05) is 20.2 Å². The molecular formula is C13H19BrFNO2. The topological polar surface area (TPSA) is 30.5 Å². The first-order chi connectivity index (χ1) is 8.74. The van der Waals surface area contributed by atoms with Crippen LogP contribution in [-0.4, -0.2) is 40.0 Å². The van der Waals surface area contributed by atoms with Gasteiger partial charge < -0.3 is 14.8 Å². The molecule has 0 heterocycles. The molecule has 0 aromatic heterocycles. The third-order valence-electron chi connectivity index (χ3n) is 2.43. The van der Waals surface area contributed by atoms with Gasteiger partial charge in [-0.2, -0.15) is 0 Å². The molecule has 0 saturated heterocycles. The van der Waals surface area contributed by atoms with E-state index in [4.69, 9.17) is 9.47 Å². The molecule has 18 heavy (non-hydrogen) atoms. The first kappa shape index (κ1) is 15.6. The zero-order chi connectivity index (χ0) is 13.2. The number of rotatable bonds is 9. The van der Waals surface area contributed by atoms with Gasteiger partial charge in [0.25, 0.3) is 0 Å². The molecule has 0 aliphatic heterocycles. The van der Waals surface area contributed by atoms with Gasteiger partial charge >= 0.3 is 0 Å². The summed E-state index contributed by atoms with van der Waals surface area (Å²) >= 11 is 3.17. The summed E-state index contributed by atoms with van der Waals surface area (Å²) in [4.78, 5) is 0. The van der Waals surface area contributed by atoms with Crippen molar-refractivity contribution in [2.24, 2.45) is 0 Å². The highest BCUT2D eigenvalue weighted by atomic mass is 79.9. The van der Waals surface area contributed by atoms with Crippen LogP contribution >= 0.6 is 15.9 Å². The molecule has 0 radical (unpaired) electrons. The second-order valence-corrected chi connectivity index (χ2v) is 4.71. The quantitative estimate of drug-likeness (QED) is 0.709. The smallest absolute Gasteiger partial charge is 0.137 e. The van der Waals surface area contributed by atoms with Crippen molar-refractivity contribution in [2.75, 3.05) is 40.0 Å². The van der Waals surface area contributed by atoms with Crippen LogP contribution in [0, 0.1) is 5.82 Å². The highest BCUT2D eigenvalue weighted by Crippen LogP contribution is 2.17. The van der Waals surface area contributed by atoms with Crippen LogP contribution in [-0.2, 0) is 15.9 Å². The third-order valence-corrected chi connectivity index (χ3v) is 3.03. The summed E-state index contributed by atoms with van der Waals surface area (Å²) in [5.41, 5.74) is 1.07. The van der Waals surface area contributed by atoms with E-state index in [0.717, 1.165) is 25.1 Å². The summed E-state index contributed by atoms with van der Waals surface area (Å²) in [7, 11) is 1.68. The lowest BCUT2D eigenvalue weighted by Crippen LogP contribution is -2.23. The van der Waals surface area contributed by atoms with Crippen LogP contribution in [0.5, 0.6) is 0 Å². The number of nitrogens with one attached hydrogen (secondary N) is 1. The average molecular weight is 320 g/mol. The minimum absolute atomic E-state index is 0.234. The molecule has 1 aromatic carbocycles. The molecule has 0 amide bonds. The van der Waals surface area contributed by atoms with E-state index in [9.17, 15) is 4.39 Å². The Morgan fingerprint density at radius 1 is 1.22 bits per heavy atom. The Kier molecular flexibility index (Phi) is 8.17. The van der Waals surface area contributed by atoms with Crippen LogP contribution in [0.1, 0.15) is 5.56 Å². The molecule has 1 aromatic rings. The molecule has 0 aliphatic carbocycles. The molecule has 0 saturated carbocycles. The maximum atomic E-state index is 13.0. The number of hydrogen-bond acceptors (Lipinski definition) is 3. The largest absolute Gasteiger partial charge is 0.383 e. The Morgan fingerprint density at radius 3 is 2.72 bits per heavy atom. The molecule has 0 unspecified atom stereocenters. The normalized spacial score (nSPS) is 10.8. The van der Waals surface area contributed by atoms with Gasteiger partial charge in [-0.3, -0.25) is 0 Å². The highest BCUT2D eigenvalue weighted by Gasteiger charge is 2.00. The standard InChI is InChI=1S/C13H19BrFNO2/c1-17-8-5-16-6-9-18-7-4-11-2-3-13(15)12(14)10-11/h2-3,10,16H,4-9H2,1H3. The minimum atomic E-state index is -0.234. The Morgan fingerprint density at radius 2 is 2.00 bits per heavy atom. The van der Waals surface area contributed by atoms with Crippen molar-refractivity contribution in [1.29, 1.82) is 0 Å². The lowest BCUT2D eigenvalue weighted by Gasteiger charge is -2.06. The molecule has 1 N–H and O–H groups in total. The zero-order valence-corrected chi connectivity index (χ0v) is 12.1. The summed E-state index contributed by atoms with van der Waals surface area (Å²) in [5.74, 6) is -0.234. The number of hydrogen-bond donors (Lipinski definition) is 1. The van der Waals surface area contributed by atoms with E-state index in [1.165, 1.54) is 6.07 Å². The highest BCUT2D eigenvalue weighted by molar-refractivity contribution is 9.10. The second kappa shape index (κ2) is 9.44. The van der Waals surface area contributed by atoms with Crippen LogP contribution in [0.2, 0.25) is 0 Å². The van der Waals surface area contributed by atoms with Gasteiger partial charge in [-0.1, -0.05) is 6.07 Å². The number of benzene rings is 1. The SMILES string of the molecule is COCCNCCOCCc1ccc(F)c(Br)c1. The van der Waals surface area contributed by atoms with Crippen LogP contribution in [0.15, 0.2) is 22.7 Å². The first-order valence-electron chi connectivity index (χ1n) is 5.95. The fourth-order valence-corrected chi connectivity index (χ4v) is 1.86. The molecule has 3 nitrogen and oxygen atoms in total. The van der Waals surface area contributed by atoms with Crippen LogP contribution in [0.4, 0.5) is 4.39 Å². The van der Waals surface area contributed by atoms with E-state index >= 15 is 0 Å². The molecule has 0 spiro atoms. The fraction of sp³-hybridized carbons (Fsp3) is 0.538. The van der Waals surface area contributed by atoms with Crippen molar-refractivity contribution >= 4 is 15.9 Å². The van der Waals surface area contributed by atoms with Gasteiger partial charge in [0.2, 0.25) is 0 Å². The molecule has 5 heteroatoms. The maximum absolute atomic E-state index is 13.0. The van der Waals surface area contributed by atoms with Gasteiger partial charge in [-0.15, -0.1) is 0 Å². The summed E-state index contributed by atoms with van der Waals surface area (Å²) in [6, 6.07) is 5.03. The van der Waals surface area contributed by atoms with Gasteiger partial charge in [0.15, 0.2) is 0 Å². The lowest BCUT2D eigenvalue weighted by molar-refractivity contribution is 0.135. The van der Waals surface area contributed by atoms with E-state index in [2.05, 4.69) is 21.2 Å². The van der Waals surface area contributed by atoms with E-state index in [1.54, 1.807) is 19.2 Å². The van der Waals surface area contributed by atoms with Crippen molar-refractivity contribution in [3.63, 3.8) is 0 Å². The van der Waals surface area contributed by atoms with Crippen molar-refractivity contribution in [2.45, 2.75) is 6.42 Å². The van der Waals surface area contributed by atoms with Crippen molar-refractivity contribution < 1.29 is 13.9 Å². The van der Waals surface area contributed by atoms with Crippen LogP contribution in [0.3, 0.4) is 0 Å².